The number of aliphatic imine (C=N–C) groups is 1. The number of nitrogens with one attached hydrogen (secondary N) is 2. The molecule has 3 N–H and O–H groups in total. The highest BCUT2D eigenvalue weighted by Gasteiger charge is 2.63. The zero-order valence-corrected chi connectivity index (χ0v) is 19.9. The molecule has 7 nitrogen and oxygen atoms in total. The first-order valence-corrected chi connectivity index (χ1v) is 12.7. The predicted octanol–water partition coefficient (Wildman–Crippen LogP) is 4.01. The van der Waals surface area contributed by atoms with E-state index in [1.54, 1.807) is 0 Å². The summed E-state index contributed by atoms with van der Waals surface area (Å²) >= 11 is 1.37. The molecular weight excluding hydrogens is 450 g/mol. The summed E-state index contributed by atoms with van der Waals surface area (Å²) in [6.45, 7) is 2.52. The number of carbonyl (C=O) groups is 2. The maximum absolute atomic E-state index is 13.6. The van der Waals surface area contributed by atoms with Gasteiger partial charge in [0.15, 0.2) is 5.17 Å². The molecule has 5 atom stereocenters. The van der Waals surface area contributed by atoms with Gasteiger partial charge in [0.05, 0.1) is 5.25 Å². The second-order valence-electron chi connectivity index (χ2n) is 9.08. The molecule has 2 aromatic rings. The number of carboxylic acids is 1. The molecule has 8 heteroatoms. The van der Waals surface area contributed by atoms with Crippen LogP contribution in [0.15, 0.2) is 59.6 Å². The standard InChI is InChI=1S/C26H29N3O4S/c1-2-27-25-29-26(23(30)31,24(32)33-15-16-9-4-3-5-10-16)22(34-25)21-17-11-6-7-13-19(17)28-20-14-8-12-18(20)21/h3-7,9-11,13,18,20-22,28H,2,8,12,14-15H2,1H3,(H,27,29)(H,30,31). The Morgan fingerprint density at radius 2 is 1.94 bits per heavy atom. The smallest absolute Gasteiger partial charge is 0.347 e. The highest BCUT2D eigenvalue weighted by atomic mass is 32.2. The van der Waals surface area contributed by atoms with E-state index in [-0.39, 0.29) is 24.5 Å². The molecular formula is C26H29N3O4S. The number of fused-ring (bicyclic) bond motifs is 2. The van der Waals surface area contributed by atoms with Gasteiger partial charge in [0.25, 0.3) is 5.54 Å². The highest BCUT2D eigenvalue weighted by Crippen LogP contribution is 2.54. The van der Waals surface area contributed by atoms with Crippen LogP contribution in [-0.4, -0.2) is 45.6 Å². The third kappa shape index (κ3) is 3.83. The average Bonchev–Trinajstić information content (AvgIpc) is 3.47. The number of thioether (sulfide) groups is 1. The number of para-hydroxylation sites is 1. The number of anilines is 1. The second-order valence-corrected chi connectivity index (χ2v) is 10.2. The van der Waals surface area contributed by atoms with E-state index in [0.29, 0.717) is 11.7 Å². The van der Waals surface area contributed by atoms with E-state index in [1.807, 2.05) is 55.5 Å². The number of carboxylic acid groups (broad SMARTS) is 1. The van der Waals surface area contributed by atoms with Crippen molar-refractivity contribution in [3.63, 3.8) is 0 Å². The third-order valence-corrected chi connectivity index (χ3v) is 8.47. The van der Waals surface area contributed by atoms with E-state index in [1.165, 1.54) is 11.8 Å². The molecule has 0 amide bonds. The monoisotopic (exact) mass is 479 g/mol. The van der Waals surface area contributed by atoms with E-state index in [9.17, 15) is 14.7 Å². The van der Waals surface area contributed by atoms with Gasteiger partial charge in [-0.05, 0) is 42.9 Å². The van der Waals surface area contributed by atoms with Crippen molar-refractivity contribution < 1.29 is 19.4 Å². The lowest BCUT2D eigenvalue weighted by atomic mass is 9.71. The van der Waals surface area contributed by atoms with Crippen LogP contribution in [0.5, 0.6) is 0 Å². The van der Waals surface area contributed by atoms with Crippen LogP contribution in [0, 0.1) is 5.92 Å². The molecule has 2 heterocycles. The van der Waals surface area contributed by atoms with Crippen LogP contribution in [0.3, 0.4) is 0 Å². The fourth-order valence-corrected chi connectivity index (χ4v) is 7.19. The summed E-state index contributed by atoms with van der Waals surface area (Å²) in [7, 11) is 0. The first-order valence-electron chi connectivity index (χ1n) is 11.8. The van der Waals surface area contributed by atoms with Crippen molar-refractivity contribution in [1.82, 2.24) is 5.32 Å². The number of amidine groups is 1. The maximum Gasteiger partial charge on any atom is 0.347 e. The number of benzene rings is 2. The van der Waals surface area contributed by atoms with Crippen molar-refractivity contribution in [2.75, 3.05) is 11.9 Å². The Kier molecular flexibility index (Phi) is 6.25. The minimum Gasteiger partial charge on any atom is -0.479 e. The van der Waals surface area contributed by atoms with Gasteiger partial charge in [-0.2, -0.15) is 0 Å². The molecule has 0 aromatic heterocycles. The lowest BCUT2D eigenvalue weighted by molar-refractivity contribution is -0.162. The SMILES string of the molecule is CCNC1=NC(C(=O)O)(C(=O)OCc2ccccc2)C(C2c3ccccc3NC3CCCC32)S1. The molecule has 1 aliphatic carbocycles. The Hall–Kier alpha value is -3.00. The van der Waals surface area contributed by atoms with Crippen LogP contribution < -0.4 is 10.6 Å². The Morgan fingerprint density at radius 3 is 2.71 bits per heavy atom. The summed E-state index contributed by atoms with van der Waals surface area (Å²) in [6, 6.07) is 17.6. The van der Waals surface area contributed by atoms with Crippen molar-refractivity contribution in [2.24, 2.45) is 10.9 Å². The quantitative estimate of drug-likeness (QED) is 0.425. The number of rotatable bonds is 6. The molecule has 0 spiro atoms. The summed E-state index contributed by atoms with van der Waals surface area (Å²) in [6.07, 6.45) is 3.09. The Morgan fingerprint density at radius 1 is 1.18 bits per heavy atom. The maximum atomic E-state index is 13.6. The number of hydrogen-bond donors (Lipinski definition) is 3. The first-order chi connectivity index (χ1) is 16.5. The fourth-order valence-electron chi connectivity index (χ4n) is 5.61. The molecule has 1 fully saturated rings. The van der Waals surface area contributed by atoms with Crippen molar-refractivity contribution in [1.29, 1.82) is 0 Å². The van der Waals surface area contributed by atoms with Gasteiger partial charge in [0.2, 0.25) is 0 Å². The molecule has 2 aliphatic heterocycles. The van der Waals surface area contributed by atoms with Crippen LogP contribution in [0.2, 0.25) is 0 Å². The minimum atomic E-state index is -2.01. The van der Waals surface area contributed by atoms with Gasteiger partial charge in [0, 0.05) is 24.2 Å². The Bertz CT molecular complexity index is 1110. The third-order valence-electron chi connectivity index (χ3n) is 7.12. The number of aliphatic carboxylic acids is 1. The highest BCUT2D eigenvalue weighted by molar-refractivity contribution is 8.14. The van der Waals surface area contributed by atoms with Gasteiger partial charge in [-0.1, -0.05) is 66.7 Å². The van der Waals surface area contributed by atoms with Crippen molar-refractivity contribution in [3.05, 3.63) is 65.7 Å². The molecule has 2 aromatic carbocycles. The number of nitrogens with zero attached hydrogens (tertiary/aromatic N) is 1. The van der Waals surface area contributed by atoms with E-state index in [0.717, 1.165) is 36.1 Å². The lowest BCUT2D eigenvalue weighted by Crippen LogP contribution is -2.56. The van der Waals surface area contributed by atoms with Crippen molar-refractivity contribution >= 4 is 34.6 Å². The molecule has 3 aliphatic rings. The second kappa shape index (κ2) is 9.33. The first kappa shape index (κ1) is 22.8. The van der Waals surface area contributed by atoms with E-state index >= 15 is 0 Å². The zero-order chi connectivity index (χ0) is 23.7. The molecule has 5 unspecified atom stereocenters. The largest absolute Gasteiger partial charge is 0.479 e. The molecule has 0 saturated heterocycles. The van der Waals surface area contributed by atoms with Crippen LogP contribution >= 0.6 is 11.8 Å². The van der Waals surface area contributed by atoms with Gasteiger partial charge in [0.1, 0.15) is 6.61 Å². The van der Waals surface area contributed by atoms with Crippen molar-refractivity contribution in [2.45, 2.75) is 55.5 Å². The van der Waals surface area contributed by atoms with Crippen LogP contribution in [0.4, 0.5) is 5.69 Å². The Labute approximate surface area is 203 Å². The van der Waals surface area contributed by atoms with E-state index < -0.39 is 22.7 Å². The van der Waals surface area contributed by atoms with Crippen LogP contribution in [-0.2, 0) is 20.9 Å². The number of hydrogen-bond acceptors (Lipinski definition) is 7. The van der Waals surface area contributed by atoms with Gasteiger partial charge < -0.3 is 20.5 Å². The summed E-state index contributed by atoms with van der Waals surface area (Å²) in [5.41, 5.74) is 0.861. The van der Waals surface area contributed by atoms with Crippen molar-refractivity contribution in [3.8, 4) is 0 Å². The summed E-state index contributed by atoms with van der Waals surface area (Å²) in [4.78, 5) is 31.1. The van der Waals surface area contributed by atoms with Gasteiger partial charge >= 0.3 is 11.9 Å². The van der Waals surface area contributed by atoms with Crippen LogP contribution in [0.25, 0.3) is 0 Å². The molecule has 178 valence electrons. The molecule has 1 saturated carbocycles. The summed E-state index contributed by atoms with van der Waals surface area (Å²) < 4.78 is 5.64. The number of ether oxygens (including phenoxy) is 1. The topological polar surface area (TPSA) is 100 Å². The molecule has 34 heavy (non-hydrogen) atoms. The normalized spacial score (nSPS) is 29.4. The van der Waals surface area contributed by atoms with Gasteiger partial charge in [-0.25, -0.2) is 14.6 Å². The van der Waals surface area contributed by atoms with E-state index in [2.05, 4.69) is 21.7 Å². The van der Waals surface area contributed by atoms with E-state index in [4.69, 9.17) is 4.74 Å². The lowest BCUT2D eigenvalue weighted by Gasteiger charge is -2.42. The van der Waals surface area contributed by atoms with Gasteiger partial charge in [-0.3, -0.25) is 0 Å². The zero-order valence-electron chi connectivity index (χ0n) is 19.1. The molecule has 0 bridgehead atoms. The molecule has 5 rings (SSSR count). The summed E-state index contributed by atoms with van der Waals surface area (Å²) in [5.74, 6) is -1.99. The Balaban J connectivity index is 1.56. The van der Waals surface area contributed by atoms with Gasteiger partial charge in [-0.15, -0.1) is 0 Å². The average molecular weight is 480 g/mol. The number of esters is 1. The number of carbonyl (C=O) groups excluding carboxylic acids is 1. The predicted molar refractivity (Wildman–Crippen MR) is 133 cm³/mol. The van der Waals surface area contributed by atoms with Crippen LogP contribution in [0.1, 0.15) is 43.2 Å². The molecule has 0 radical (unpaired) electrons. The fraction of sp³-hybridized carbons (Fsp3) is 0.423. The summed E-state index contributed by atoms with van der Waals surface area (Å²) in [5, 5.41) is 17.2. The minimum absolute atomic E-state index is 0.00696.